The van der Waals surface area contributed by atoms with Crippen LogP contribution >= 0.6 is 7.82 Å². The summed E-state index contributed by atoms with van der Waals surface area (Å²) in [7, 11) is -4.41. The molecule has 0 aliphatic carbocycles. The first-order valence-corrected chi connectivity index (χ1v) is 34.5. The fraction of sp³-hybridized carbons (Fsp3) is 0.616. The summed E-state index contributed by atoms with van der Waals surface area (Å²) in [4.78, 5) is 35.3. The number of phosphoric ester groups is 1. The molecule has 0 aromatic carbocycles. The van der Waals surface area contributed by atoms with Gasteiger partial charge < -0.3 is 20.1 Å². The molecular weight excluding hydrogens is 1050 g/mol. The van der Waals surface area contributed by atoms with E-state index in [1.807, 2.05) is 0 Å². The first-order valence-electron chi connectivity index (χ1n) is 33.0. The van der Waals surface area contributed by atoms with E-state index in [2.05, 4.69) is 172 Å². The van der Waals surface area contributed by atoms with Crippen LogP contribution in [-0.2, 0) is 32.7 Å². The molecule has 0 aromatic heterocycles. The van der Waals surface area contributed by atoms with E-state index in [9.17, 15) is 19.0 Å². The smallest absolute Gasteiger partial charge is 0.462 e. The third-order valence-corrected chi connectivity index (χ3v) is 14.4. The number of rotatable bonds is 60. The Kier molecular flexibility index (Phi) is 63.3. The van der Waals surface area contributed by atoms with Crippen LogP contribution < -0.4 is 5.73 Å². The van der Waals surface area contributed by atoms with Crippen molar-refractivity contribution >= 4 is 19.8 Å². The van der Waals surface area contributed by atoms with Crippen molar-refractivity contribution < 1.29 is 37.6 Å². The van der Waals surface area contributed by atoms with E-state index in [-0.39, 0.29) is 32.6 Å². The van der Waals surface area contributed by atoms with Crippen LogP contribution in [0.2, 0.25) is 0 Å². The van der Waals surface area contributed by atoms with Crippen LogP contribution in [0.1, 0.15) is 258 Å². The summed E-state index contributed by atoms with van der Waals surface area (Å²) in [5.74, 6) is -0.874. The molecule has 2 atom stereocenters. The summed E-state index contributed by atoms with van der Waals surface area (Å²) in [6, 6.07) is 0. The van der Waals surface area contributed by atoms with E-state index in [4.69, 9.17) is 24.3 Å². The van der Waals surface area contributed by atoms with Crippen LogP contribution in [0.15, 0.2) is 158 Å². The highest BCUT2D eigenvalue weighted by Crippen LogP contribution is 2.43. The van der Waals surface area contributed by atoms with Crippen molar-refractivity contribution in [1.29, 1.82) is 0 Å². The van der Waals surface area contributed by atoms with Crippen LogP contribution in [0.25, 0.3) is 0 Å². The van der Waals surface area contributed by atoms with Gasteiger partial charge in [0.25, 0.3) is 0 Å². The van der Waals surface area contributed by atoms with E-state index in [1.54, 1.807) is 0 Å². The van der Waals surface area contributed by atoms with E-state index in [0.717, 1.165) is 116 Å². The second-order valence-electron chi connectivity index (χ2n) is 21.2. The van der Waals surface area contributed by atoms with Crippen molar-refractivity contribution in [2.24, 2.45) is 5.73 Å². The van der Waals surface area contributed by atoms with Crippen LogP contribution in [0.3, 0.4) is 0 Å². The van der Waals surface area contributed by atoms with Crippen LogP contribution in [0.5, 0.6) is 0 Å². The molecule has 0 saturated heterocycles. The number of esters is 2. The lowest BCUT2D eigenvalue weighted by Crippen LogP contribution is -2.29. The SMILES string of the molecule is CC/C=C\C/C=C\C/C=C\C/C=C\C/C=C\C/C=C\C/C=C\C/C=C\C/C=C\C/C=C\C/C=C\CCCCCC(=O)OC(COC(=O)CCCCCCCCCCCCCCC/C=C\C/C=C\CCCCCCC)COP(=O)(O)OCCN. The van der Waals surface area contributed by atoms with Gasteiger partial charge in [-0.1, -0.05) is 275 Å². The average Bonchev–Trinajstić information content (AvgIpc) is 3.49. The van der Waals surface area contributed by atoms with Crippen molar-refractivity contribution in [2.45, 2.75) is 264 Å². The normalized spacial score (nSPS) is 14.0. The molecule has 0 heterocycles. The van der Waals surface area contributed by atoms with Gasteiger partial charge in [-0.2, -0.15) is 0 Å². The number of hydrogen-bond donors (Lipinski definition) is 2. The van der Waals surface area contributed by atoms with E-state index in [1.165, 1.54) is 109 Å². The van der Waals surface area contributed by atoms with Gasteiger partial charge in [0.15, 0.2) is 6.10 Å². The van der Waals surface area contributed by atoms with Gasteiger partial charge in [0.05, 0.1) is 13.2 Å². The zero-order valence-electron chi connectivity index (χ0n) is 52.6. The van der Waals surface area contributed by atoms with Crippen molar-refractivity contribution in [3.63, 3.8) is 0 Å². The third-order valence-electron chi connectivity index (χ3n) is 13.4. The summed E-state index contributed by atoms with van der Waals surface area (Å²) >= 11 is 0. The number of hydrogen-bond acceptors (Lipinski definition) is 8. The highest BCUT2D eigenvalue weighted by Gasteiger charge is 2.26. The van der Waals surface area contributed by atoms with Crippen molar-refractivity contribution in [3.05, 3.63) is 158 Å². The number of allylic oxidation sites excluding steroid dienone is 26. The maximum absolute atomic E-state index is 12.7. The summed E-state index contributed by atoms with van der Waals surface area (Å²) in [5, 5.41) is 0. The van der Waals surface area contributed by atoms with Gasteiger partial charge in [-0.15, -0.1) is 0 Å². The molecule has 0 fully saturated rings. The molecule has 470 valence electrons. The minimum absolute atomic E-state index is 0.0396. The third kappa shape index (κ3) is 66.6. The molecular formula is C73H120NO8P. The summed E-state index contributed by atoms with van der Waals surface area (Å²) < 4.78 is 33.1. The Bertz CT molecular complexity index is 1920. The quantitative estimate of drug-likeness (QED) is 0.0264. The Morgan fingerprint density at radius 2 is 0.663 bits per heavy atom. The number of unbranched alkanes of at least 4 members (excludes halogenated alkanes) is 21. The number of ether oxygens (including phenoxy) is 2. The number of nitrogens with two attached hydrogens (primary N) is 1. The Labute approximate surface area is 509 Å². The van der Waals surface area contributed by atoms with E-state index in [0.29, 0.717) is 6.42 Å². The molecule has 0 rings (SSSR count). The Morgan fingerprint density at radius 3 is 1.00 bits per heavy atom. The summed E-state index contributed by atoms with van der Waals surface area (Å²) in [6.07, 6.45) is 97.4. The predicted molar refractivity (Wildman–Crippen MR) is 357 cm³/mol. The lowest BCUT2D eigenvalue weighted by Gasteiger charge is -2.19. The number of phosphoric acid groups is 1. The Morgan fingerprint density at radius 1 is 0.373 bits per heavy atom. The number of carbonyl (C=O) groups excluding carboxylic acids is 2. The number of carbonyl (C=O) groups is 2. The second kappa shape index (κ2) is 66.8. The monoisotopic (exact) mass is 1170 g/mol. The van der Waals surface area contributed by atoms with Crippen LogP contribution in [0, 0.1) is 0 Å². The fourth-order valence-electron chi connectivity index (χ4n) is 8.55. The first-order chi connectivity index (χ1) is 40.8. The van der Waals surface area contributed by atoms with Crippen molar-refractivity contribution in [3.8, 4) is 0 Å². The van der Waals surface area contributed by atoms with Gasteiger partial charge in [-0.25, -0.2) is 4.57 Å². The zero-order valence-corrected chi connectivity index (χ0v) is 53.5. The van der Waals surface area contributed by atoms with Gasteiger partial charge in [0.2, 0.25) is 0 Å². The molecule has 0 amide bonds. The summed E-state index contributed by atoms with van der Waals surface area (Å²) in [6.45, 7) is 3.58. The molecule has 9 nitrogen and oxygen atoms in total. The Hall–Kier alpha value is -4.37. The van der Waals surface area contributed by atoms with Crippen LogP contribution in [-0.4, -0.2) is 49.3 Å². The minimum atomic E-state index is -4.41. The molecule has 3 N–H and O–H groups in total. The molecule has 0 aliphatic rings. The molecule has 10 heteroatoms. The molecule has 0 aliphatic heterocycles. The highest BCUT2D eigenvalue weighted by atomic mass is 31.2. The van der Waals surface area contributed by atoms with Gasteiger partial charge in [-0.05, 0) is 128 Å². The molecule has 0 saturated carbocycles. The largest absolute Gasteiger partial charge is 0.472 e. The molecule has 0 spiro atoms. The molecule has 0 bridgehead atoms. The fourth-order valence-corrected chi connectivity index (χ4v) is 9.32. The summed E-state index contributed by atoms with van der Waals surface area (Å²) in [5.41, 5.74) is 5.39. The van der Waals surface area contributed by atoms with Gasteiger partial charge in [0, 0.05) is 19.4 Å². The Balaban J connectivity index is 4.06. The topological polar surface area (TPSA) is 134 Å². The van der Waals surface area contributed by atoms with E-state index < -0.39 is 32.5 Å². The molecule has 2 unspecified atom stereocenters. The lowest BCUT2D eigenvalue weighted by atomic mass is 10.0. The molecule has 83 heavy (non-hydrogen) atoms. The van der Waals surface area contributed by atoms with Crippen molar-refractivity contribution in [2.75, 3.05) is 26.4 Å². The van der Waals surface area contributed by atoms with Crippen LogP contribution in [0.4, 0.5) is 0 Å². The first kappa shape index (κ1) is 78.6. The van der Waals surface area contributed by atoms with Gasteiger partial charge in [-0.3, -0.25) is 18.6 Å². The van der Waals surface area contributed by atoms with Gasteiger partial charge in [0.1, 0.15) is 6.61 Å². The second-order valence-corrected chi connectivity index (χ2v) is 22.7. The molecule has 0 aromatic rings. The standard InChI is InChI=1S/C73H120NO8P/c1-3-5-7-9-11-13-15-17-19-21-23-25-27-29-30-31-32-33-34-35-36-37-38-39-40-42-44-46-48-50-52-54-56-58-60-62-64-66-73(76)82-71(70-81-83(77,78)80-68-67-74)69-79-72(75)65-63-61-59-57-55-53-51-49-47-45-43-41-28-26-24-22-20-18-16-14-12-10-8-6-4-2/h5,7,11,13,16-19,22-25,29-30,32-33,35-36,38-39,42,44,48,50,54,56,71H,3-4,6,8-10,12,14-15,20-21,26-28,31,34,37,40-41,43,45-47,49,51-53,55,57-70,74H2,1-2H3,(H,77,78)/b7-5-,13-11-,18-16-,19-17-,24-22-,25-23-,30-29-,33-32-,36-35-,39-38-,44-42-,50-48-,56-54-. The minimum Gasteiger partial charge on any atom is -0.462 e. The van der Waals surface area contributed by atoms with E-state index >= 15 is 0 Å². The van der Waals surface area contributed by atoms with Gasteiger partial charge >= 0.3 is 19.8 Å². The maximum Gasteiger partial charge on any atom is 0.472 e. The average molecular weight is 1170 g/mol. The maximum atomic E-state index is 12.7. The molecule has 0 radical (unpaired) electrons. The lowest BCUT2D eigenvalue weighted by molar-refractivity contribution is -0.161. The zero-order chi connectivity index (χ0) is 60.1. The highest BCUT2D eigenvalue weighted by molar-refractivity contribution is 7.47. The predicted octanol–water partition coefficient (Wildman–Crippen LogP) is 21.6. The van der Waals surface area contributed by atoms with Crippen molar-refractivity contribution in [1.82, 2.24) is 0 Å².